The topological polar surface area (TPSA) is 101 Å². The number of hydrogen-bond acceptors (Lipinski definition) is 6. The Morgan fingerprint density at radius 2 is 1.87 bits per heavy atom. The van der Waals surface area contributed by atoms with Crippen molar-refractivity contribution in [3.63, 3.8) is 0 Å². The molecule has 0 aliphatic heterocycles. The summed E-state index contributed by atoms with van der Waals surface area (Å²) in [5, 5.41) is 15.3. The number of aromatic nitrogens is 4. The van der Waals surface area contributed by atoms with Gasteiger partial charge in [0.15, 0.2) is 11.5 Å². The van der Waals surface area contributed by atoms with Crippen LogP contribution in [-0.2, 0) is 16.4 Å². The molecule has 120 valence electrons. The molecule has 23 heavy (non-hydrogen) atoms. The lowest BCUT2D eigenvalue weighted by molar-refractivity contribution is 0.580. The Balaban J connectivity index is 1.72. The number of fused-ring (bicyclic) bond motifs is 1. The lowest BCUT2D eigenvalue weighted by Gasteiger charge is -2.06. The molecule has 0 bridgehead atoms. The molecule has 2 N–H and O–H groups in total. The van der Waals surface area contributed by atoms with Crippen LogP contribution in [0.4, 0.5) is 5.82 Å². The van der Waals surface area contributed by atoms with E-state index < -0.39 is 10.0 Å². The van der Waals surface area contributed by atoms with E-state index in [0.717, 1.165) is 0 Å². The van der Waals surface area contributed by atoms with E-state index in [1.165, 1.54) is 0 Å². The molecule has 0 aliphatic rings. The maximum absolute atomic E-state index is 12.1. The average Bonchev–Trinajstić information content (AvgIpc) is 2.98. The van der Waals surface area contributed by atoms with Crippen LogP contribution >= 0.6 is 0 Å². The third-order valence-corrected chi connectivity index (χ3v) is 4.75. The molecule has 8 nitrogen and oxygen atoms in total. The van der Waals surface area contributed by atoms with Crippen LogP contribution in [0.2, 0.25) is 0 Å². The first kappa shape index (κ1) is 15.4. The number of benzene rings is 1. The smallest absolute Gasteiger partial charge is 0.240 e. The number of sulfonamides is 1. The molecule has 0 radical (unpaired) electrons. The van der Waals surface area contributed by atoms with Gasteiger partial charge in [0.05, 0.1) is 4.90 Å². The third kappa shape index (κ3) is 3.30. The van der Waals surface area contributed by atoms with Crippen LogP contribution in [0.5, 0.6) is 0 Å². The van der Waals surface area contributed by atoms with Crippen molar-refractivity contribution >= 4 is 21.5 Å². The van der Waals surface area contributed by atoms with Gasteiger partial charge in [-0.05, 0) is 24.3 Å². The second kappa shape index (κ2) is 6.31. The molecule has 9 heteroatoms. The van der Waals surface area contributed by atoms with Crippen LogP contribution in [0, 0.1) is 0 Å². The van der Waals surface area contributed by atoms with Crippen LogP contribution < -0.4 is 10.0 Å². The second-order valence-corrected chi connectivity index (χ2v) is 6.58. The molecule has 0 atom stereocenters. The zero-order valence-electron chi connectivity index (χ0n) is 12.5. The first-order valence-corrected chi connectivity index (χ1v) is 8.52. The molecule has 0 saturated heterocycles. The molecule has 0 amide bonds. The number of hydrogen-bond donors (Lipinski definition) is 2. The molecule has 3 rings (SSSR count). The Morgan fingerprint density at radius 1 is 1.09 bits per heavy atom. The van der Waals surface area contributed by atoms with Gasteiger partial charge in [-0.1, -0.05) is 18.2 Å². The summed E-state index contributed by atoms with van der Waals surface area (Å²) in [6.45, 7) is 0.212. The number of nitrogens with one attached hydrogen (secondary N) is 2. The fourth-order valence-electron chi connectivity index (χ4n) is 2.10. The van der Waals surface area contributed by atoms with Crippen LogP contribution in [0.15, 0.2) is 47.4 Å². The maximum atomic E-state index is 12.1. The Kier molecular flexibility index (Phi) is 4.22. The normalized spacial score (nSPS) is 11.7. The van der Waals surface area contributed by atoms with Gasteiger partial charge in [0.25, 0.3) is 0 Å². The van der Waals surface area contributed by atoms with Crippen molar-refractivity contribution in [3.8, 4) is 0 Å². The highest BCUT2D eigenvalue weighted by Gasteiger charge is 2.14. The van der Waals surface area contributed by atoms with Crippen LogP contribution in [-0.4, -0.2) is 41.8 Å². The van der Waals surface area contributed by atoms with E-state index in [2.05, 4.69) is 25.3 Å². The highest BCUT2D eigenvalue weighted by Crippen LogP contribution is 2.09. The number of anilines is 1. The van der Waals surface area contributed by atoms with Crippen LogP contribution in [0.25, 0.3) is 5.65 Å². The van der Waals surface area contributed by atoms with Crippen molar-refractivity contribution in [3.05, 3.63) is 48.3 Å². The molecule has 3 aromatic rings. The standard InChI is InChI=1S/C14H16N6O2S/c1-15-12-7-8-13-17-18-14(20(13)19-12)9-10-16-23(21,22)11-5-3-2-4-6-11/h2-8,16H,9-10H2,1H3,(H,15,19). The average molecular weight is 332 g/mol. The SMILES string of the molecule is CNc1ccc2nnc(CCNS(=O)(=O)c3ccccc3)n2n1. The molecule has 2 heterocycles. The second-order valence-electron chi connectivity index (χ2n) is 4.82. The lowest BCUT2D eigenvalue weighted by atomic mass is 10.4. The summed E-state index contributed by atoms with van der Waals surface area (Å²) in [5.41, 5.74) is 0.616. The summed E-state index contributed by atoms with van der Waals surface area (Å²) in [4.78, 5) is 0.238. The van der Waals surface area contributed by atoms with E-state index in [4.69, 9.17) is 0 Å². The predicted octanol–water partition coefficient (Wildman–Crippen LogP) is 0.687. The highest BCUT2D eigenvalue weighted by molar-refractivity contribution is 7.89. The molecular formula is C14H16N6O2S. The van der Waals surface area contributed by atoms with Crippen molar-refractivity contribution < 1.29 is 8.42 Å². The number of nitrogens with zero attached hydrogens (tertiary/aromatic N) is 4. The first-order valence-electron chi connectivity index (χ1n) is 7.04. The Morgan fingerprint density at radius 3 is 2.61 bits per heavy atom. The Bertz CT molecular complexity index is 907. The minimum atomic E-state index is -3.52. The Labute approximate surface area is 133 Å². The van der Waals surface area contributed by atoms with E-state index in [-0.39, 0.29) is 11.4 Å². The van der Waals surface area contributed by atoms with Gasteiger partial charge in [-0.2, -0.15) is 4.52 Å². The zero-order chi connectivity index (χ0) is 16.3. The molecule has 0 fully saturated rings. The lowest BCUT2D eigenvalue weighted by Crippen LogP contribution is -2.26. The minimum Gasteiger partial charge on any atom is -0.372 e. The van der Waals surface area contributed by atoms with Gasteiger partial charge < -0.3 is 5.32 Å². The predicted molar refractivity (Wildman–Crippen MR) is 85.7 cm³/mol. The van der Waals surface area contributed by atoms with Crippen molar-refractivity contribution in [1.29, 1.82) is 0 Å². The largest absolute Gasteiger partial charge is 0.372 e. The van der Waals surface area contributed by atoms with Gasteiger partial charge in [0.1, 0.15) is 5.82 Å². The van der Waals surface area contributed by atoms with Crippen molar-refractivity contribution in [1.82, 2.24) is 24.5 Å². The Hall–Kier alpha value is -2.52. The molecule has 0 aliphatic carbocycles. The molecule has 0 spiro atoms. The van der Waals surface area contributed by atoms with Crippen LogP contribution in [0.1, 0.15) is 5.82 Å². The molecule has 0 unspecified atom stereocenters. The number of rotatable bonds is 6. The fourth-order valence-corrected chi connectivity index (χ4v) is 3.16. The summed E-state index contributed by atoms with van der Waals surface area (Å²) in [5.74, 6) is 1.27. The van der Waals surface area contributed by atoms with Gasteiger partial charge >= 0.3 is 0 Å². The summed E-state index contributed by atoms with van der Waals surface area (Å²) < 4.78 is 28.4. The van der Waals surface area contributed by atoms with Crippen molar-refractivity contribution in [2.24, 2.45) is 0 Å². The van der Waals surface area contributed by atoms with Crippen LogP contribution in [0.3, 0.4) is 0 Å². The van der Waals surface area contributed by atoms with Crippen molar-refractivity contribution in [2.75, 3.05) is 18.9 Å². The molecular weight excluding hydrogens is 316 g/mol. The van der Waals surface area contributed by atoms with Gasteiger partial charge in [0.2, 0.25) is 10.0 Å². The summed E-state index contributed by atoms with van der Waals surface area (Å²) in [7, 11) is -1.75. The van der Waals surface area contributed by atoms with Gasteiger partial charge in [-0.3, -0.25) is 0 Å². The molecule has 1 aromatic carbocycles. The summed E-state index contributed by atoms with van der Waals surface area (Å²) in [6.07, 6.45) is 0.382. The highest BCUT2D eigenvalue weighted by atomic mass is 32.2. The van der Waals surface area contributed by atoms with Gasteiger partial charge in [-0.15, -0.1) is 15.3 Å². The maximum Gasteiger partial charge on any atom is 0.240 e. The van der Waals surface area contributed by atoms with E-state index in [1.807, 2.05) is 0 Å². The van der Waals surface area contributed by atoms with Gasteiger partial charge in [0, 0.05) is 20.0 Å². The van der Waals surface area contributed by atoms with E-state index in [1.54, 1.807) is 54.0 Å². The van der Waals surface area contributed by atoms with Crippen molar-refractivity contribution in [2.45, 2.75) is 11.3 Å². The quantitative estimate of drug-likeness (QED) is 0.688. The zero-order valence-corrected chi connectivity index (χ0v) is 13.3. The molecule has 2 aromatic heterocycles. The van der Waals surface area contributed by atoms with Gasteiger partial charge in [-0.25, -0.2) is 13.1 Å². The molecule has 0 saturated carbocycles. The summed E-state index contributed by atoms with van der Waals surface area (Å²) >= 11 is 0. The van der Waals surface area contributed by atoms with E-state index >= 15 is 0 Å². The minimum absolute atomic E-state index is 0.212. The van der Waals surface area contributed by atoms with E-state index in [0.29, 0.717) is 23.7 Å². The fraction of sp³-hybridized carbons (Fsp3) is 0.214. The summed E-state index contributed by atoms with van der Waals surface area (Å²) in [6, 6.07) is 11.8. The first-order chi connectivity index (χ1) is 11.1. The van der Waals surface area contributed by atoms with E-state index in [9.17, 15) is 8.42 Å². The third-order valence-electron chi connectivity index (χ3n) is 3.28. The monoisotopic (exact) mass is 332 g/mol.